The summed E-state index contributed by atoms with van der Waals surface area (Å²) in [6.45, 7) is 11.5. The molecule has 3 aromatic rings. The zero-order valence-corrected chi connectivity index (χ0v) is 22.9. The molecule has 0 aliphatic rings. The average molecular weight is 493 g/mol. The van der Waals surface area contributed by atoms with Gasteiger partial charge >= 0.3 is 0 Å². The largest absolute Gasteiger partial charge is 0.497 e. The number of hydrogen-bond acceptors (Lipinski definition) is 4. The Morgan fingerprint density at radius 2 is 1.31 bits per heavy atom. The van der Waals surface area contributed by atoms with Crippen molar-refractivity contribution >= 4 is 18.7 Å². The maximum atomic E-state index is 10.4. The van der Waals surface area contributed by atoms with Gasteiger partial charge in [-0.3, -0.25) is 0 Å². The number of aliphatic hydroxyl groups excluding tert-OH is 1. The molecule has 0 heterocycles. The lowest BCUT2D eigenvalue weighted by Crippen LogP contribution is -2.67. The zero-order valence-electron chi connectivity index (χ0n) is 21.9. The third-order valence-electron chi connectivity index (χ3n) is 6.85. The highest BCUT2D eigenvalue weighted by Gasteiger charge is 2.50. The van der Waals surface area contributed by atoms with Crippen LogP contribution in [0.4, 0.5) is 0 Å². The second-order valence-electron chi connectivity index (χ2n) is 10.3. The Morgan fingerprint density at radius 1 is 0.800 bits per heavy atom. The van der Waals surface area contributed by atoms with Crippen molar-refractivity contribution in [2.24, 2.45) is 5.92 Å². The lowest BCUT2D eigenvalue weighted by Gasteiger charge is -2.44. The maximum Gasteiger partial charge on any atom is 0.261 e. The minimum atomic E-state index is -2.69. The van der Waals surface area contributed by atoms with E-state index < -0.39 is 14.4 Å². The van der Waals surface area contributed by atoms with E-state index in [1.165, 1.54) is 10.4 Å². The molecular weight excluding hydrogens is 452 g/mol. The summed E-state index contributed by atoms with van der Waals surface area (Å²) in [7, 11) is -1.03. The van der Waals surface area contributed by atoms with Crippen LogP contribution >= 0.6 is 0 Å². The van der Waals surface area contributed by atoms with Crippen LogP contribution < -0.4 is 15.1 Å². The Hall–Kier alpha value is -2.44. The highest BCUT2D eigenvalue weighted by molar-refractivity contribution is 6.99. The summed E-state index contributed by atoms with van der Waals surface area (Å²) in [5.41, 5.74) is 1.05. The number of aliphatic hydroxyl groups is 1. The van der Waals surface area contributed by atoms with Crippen molar-refractivity contribution in [1.29, 1.82) is 0 Å². The first-order valence-corrected chi connectivity index (χ1v) is 14.3. The Balaban J connectivity index is 1.93. The first-order chi connectivity index (χ1) is 16.7. The van der Waals surface area contributed by atoms with Gasteiger partial charge in [0, 0.05) is 5.92 Å². The predicted molar refractivity (Wildman–Crippen MR) is 146 cm³/mol. The summed E-state index contributed by atoms with van der Waals surface area (Å²) in [5, 5.41) is 12.8. The summed E-state index contributed by atoms with van der Waals surface area (Å²) < 4.78 is 18.8. The number of rotatable bonds is 11. The molecule has 0 radical (unpaired) electrons. The third kappa shape index (κ3) is 6.41. The molecule has 4 nitrogen and oxygen atoms in total. The molecule has 3 atom stereocenters. The molecule has 5 heteroatoms. The number of benzene rings is 3. The molecular formula is C30H40O4Si. The molecule has 1 N–H and O–H groups in total. The fourth-order valence-electron chi connectivity index (χ4n) is 4.56. The highest BCUT2D eigenvalue weighted by Crippen LogP contribution is 2.37. The van der Waals surface area contributed by atoms with Crippen LogP contribution in [0.15, 0.2) is 84.9 Å². The van der Waals surface area contributed by atoms with Gasteiger partial charge in [0.2, 0.25) is 0 Å². The lowest BCUT2D eigenvalue weighted by atomic mass is 10.00. The Bertz CT molecular complexity index is 974. The van der Waals surface area contributed by atoms with Gasteiger partial charge in [0.15, 0.2) is 0 Å². The summed E-state index contributed by atoms with van der Waals surface area (Å²) in [4.78, 5) is 0. The first-order valence-electron chi connectivity index (χ1n) is 12.4. The van der Waals surface area contributed by atoms with Crippen LogP contribution in [0, 0.1) is 5.92 Å². The van der Waals surface area contributed by atoms with E-state index >= 15 is 0 Å². The van der Waals surface area contributed by atoms with Gasteiger partial charge in [-0.1, -0.05) is 100 Å². The molecule has 188 valence electrons. The normalized spacial score (nSPS) is 14.8. The summed E-state index contributed by atoms with van der Waals surface area (Å²) >= 11 is 0. The first kappa shape index (κ1) is 27.1. The van der Waals surface area contributed by atoms with Gasteiger partial charge < -0.3 is 19.0 Å². The van der Waals surface area contributed by atoms with Crippen molar-refractivity contribution in [1.82, 2.24) is 0 Å². The number of methoxy groups -OCH3 is 1. The van der Waals surface area contributed by atoms with Crippen molar-refractivity contribution in [2.45, 2.75) is 58.5 Å². The minimum Gasteiger partial charge on any atom is -0.497 e. The van der Waals surface area contributed by atoms with Crippen LogP contribution in [0.2, 0.25) is 5.04 Å². The molecule has 0 bridgehead atoms. The molecule has 0 fully saturated rings. The molecule has 0 aromatic heterocycles. The van der Waals surface area contributed by atoms with Crippen LogP contribution in [-0.4, -0.2) is 39.3 Å². The molecule has 0 spiro atoms. The SMILES string of the molecule is COc1ccc(CO[C@@H](CO[Si](c2ccccc2)(c2ccccc2)C(C)(C)C)[C@H](C)C(C)O)cc1. The fourth-order valence-corrected chi connectivity index (χ4v) is 9.13. The topological polar surface area (TPSA) is 47.9 Å². The van der Waals surface area contributed by atoms with Gasteiger partial charge in [0.25, 0.3) is 8.32 Å². The van der Waals surface area contributed by atoms with Crippen LogP contribution in [0.25, 0.3) is 0 Å². The summed E-state index contributed by atoms with van der Waals surface area (Å²) in [6.07, 6.45) is -0.780. The monoisotopic (exact) mass is 492 g/mol. The van der Waals surface area contributed by atoms with Crippen LogP contribution in [0.3, 0.4) is 0 Å². The van der Waals surface area contributed by atoms with Gasteiger partial charge in [-0.25, -0.2) is 0 Å². The molecule has 0 saturated carbocycles. The molecule has 0 aliphatic carbocycles. The molecule has 0 saturated heterocycles. The van der Waals surface area contributed by atoms with Crippen LogP contribution in [0.5, 0.6) is 5.75 Å². The van der Waals surface area contributed by atoms with Crippen LogP contribution in [-0.2, 0) is 15.8 Å². The number of hydrogen-bond donors (Lipinski definition) is 1. The zero-order chi connectivity index (χ0) is 25.5. The van der Waals surface area contributed by atoms with E-state index in [9.17, 15) is 5.11 Å². The Kier molecular flexibility index (Phi) is 9.31. The molecule has 35 heavy (non-hydrogen) atoms. The van der Waals surface area contributed by atoms with Crippen molar-refractivity contribution in [3.63, 3.8) is 0 Å². The van der Waals surface area contributed by atoms with Crippen molar-refractivity contribution in [2.75, 3.05) is 13.7 Å². The quantitative estimate of drug-likeness (QED) is 0.375. The Morgan fingerprint density at radius 3 is 1.74 bits per heavy atom. The van der Waals surface area contributed by atoms with E-state index in [0.717, 1.165) is 11.3 Å². The molecule has 1 unspecified atom stereocenters. The molecule has 3 rings (SSSR count). The van der Waals surface area contributed by atoms with E-state index in [4.69, 9.17) is 13.9 Å². The minimum absolute atomic E-state index is 0.0912. The maximum absolute atomic E-state index is 10.4. The standard InChI is InChI=1S/C30H40O4Si/c1-23(24(2)31)29(33-21-25-17-19-26(32-6)20-18-25)22-34-35(30(3,4)5,27-13-9-7-10-14-27)28-15-11-8-12-16-28/h7-20,23-24,29,31H,21-22H2,1-6H3/t23-,24?,29+/m1/s1. The summed E-state index contributed by atoms with van der Waals surface area (Å²) in [6, 6.07) is 29.1. The van der Waals surface area contributed by atoms with E-state index in [2.05, 4.69) is 69.3 Å². The third-order valence-corrected chi connectivity index (χ3v) is 11.9. The molecule has 0 aliphatic heterocycles. The van der Waals surface area contributed by atoms with Gasteiger partial charge in [0.1, 0.15) is 5.75 Å². The van der Waals surface area contributed by atoms with Crippen molar-refractivity contribution in [3.8, 4) is 5.75 Å². The van der Waals surface area contributed by atoms with Gasteiger partial charge in [-0.2, -0.15) is 0 Å². The van der Waals surface area contributed by atoms with Crippen molar-refractivity contribution in [3.05, 3.63) is 90.5 Å². The predicted octanol–water partition coefficient (Wildman–Crippen LogP) is 5.17. The van der Waals surface area contributed by atoms with Gasteiger partial charge in [-0.05, 0) is 40.0 Å². The van der Waals surface area contributed by atoms with E-state index in [1.807, 2.05) is 50.2 Å². The van der Waals surface area contributed by atoms with E-state index in [1.54, 1.807) is 7.11 Å². The van der Waals surface area contributed by atoms with E-state index in [-0.39, 0.29) is 17.1 Å². The number of ether oxygens (including phenoxy) is 2. The molecule has 3 aromatic carbocycles. The van der Waals surface area contributed by atoms with Gasteiger partial charge in [-0.15, -0.1) is 0 Å². The smallest absolute Gasteiger partial charge is 0.261 e. The highest BCUT2D eigenvalue weighted by atomic mass is 28.4. The fraction of sp³-hybridized carbons (Fsp3) is 0.400. The molecule has 0 amide bonds. The average Bonchev–Trinajstić information content (AvgIpc) is 2.86. The lowest BCUT2D eigenvalue weighted by molar-refractivity contribution is -0.0557. The second-order valence-corrected chi connectivity index (χ2v) is 14.6. The van der Waals surface area contributed by atoms with Crippen LogP contribution in [0.1, 0.15) is 40.2 Å². The van der Waals surface area contributed by atoms with E-state index in [0.29, 0.717) is 13.2 Å². The second kappa shape index (κ2) is 12.0. The van der Waals surface area contributed by atoms with Gasteiger partial charge in [0.05, 0.1) is 32.5 Å². The van der Waals surface area contributed by atoms with Crippen molar-refractivity contribution < 1.29 is 19.0 Å². The Labute approximate surface area is 212 Å². The summed E-state index contributed by atoms with van der Waals surface area (Å²) in [5.74, 6) is 0.726.